The van der Waals surface area contributed by atoms with Crippen LogP contribution in [0.4, 0.5) is 0 Å². The molecule has 0 atom stereocenters. The molecule has 0 spiro atoms. The number of benzene rings is 2. The Bertz CT molecular complexity index is 1550. The van der Waals surface area contributed by atoms with Crippen LogP contribution >= 0.6 is 34.5 Å². The smallest absolute Gasteiger partial charge is 0.338 e. The minimum atomic E-state index is -1.04. The van der Waals surface area contributed by atoms with Gasteiger partial charge < -0.3 is 9.84 Å². The maximum Gasteiger partial charge on any atom is 0.338 e. The summed E-state index contributed by atoms with van der Waals surface area (Å²) in [7, 11) is 0. The molecule has 3 aromatic heterocycles. The number of carbonyl (C=O) groups is 1. The Labute approximate surface area is 214 Å². The second-order valence-corrected chi connectivity index (χ2v) is 9.60. The molecule has 0 radical (unpaired) electrons. The van der Waals surface area contributed by atoms with Gasteiger partial charge in [-0.25, -0.2) is 14.5 Å². The number of carboxylic acids is 1. The van der Waals surface area contributed by atoms with Crippen LogP contribution in [-0.2, 0) is 13.2 Å². The van der Waals surface area contributed by atoms with Gasteiger partial charge in [0.1, 0.15) is 23.2 Å². The summed E-state index contributed by atoms with van der Waals surface area (Å²) in [5.41, 5.74) is 4.53. The van der Waals surface area contributed by atoms with Crippen molar-refractivity contribution < 1.29 is 14.6 Å². The molecule has 0 fully saturated rings. The molecule has 0 bridgehead atoms. The summed E-state index contributed by atoms with van der Waals surface area (Å²) in [6.07, 6.45) is 3.16. The fourth-order valence-electron chi connectivity index (χ4n) is 3.68. The van der Waals surface area contributed by atoms with Gasteiger partial charge in [0.05, 0.1) is 23.0 Å². The number of thiophene rings is 1. The monoisotopic (exact) mass is 524 g/mol. The van der Waals surface area contributed by atoms with E-state index in [0.29, 0.717) is 27.4 Å². The third-order valence-electron chi connectivity index (χ3n) is 5.52. The Morgan fingerprint density at radius 1 is 1.17 bits per heavy atom. The molecule has 0 aliphatic carbocycles. The maximum absolute atomic E-state index is 11.5. The van der Waals surface area contributed by atoms with Crippen LogP contribution in [0.2, 0.25) is 10.2 Å². The number of fused-ring (bicyclic) bond motifs is 1. The maximum atomic E-state index is 11.5. The Kier molecular flexibility index (Phi) is 6.42. The molecule has 5 rings (SSSR count). The first-order chi connectivity index (χ1) is 16.9. The zero-order valence-corrected chi connectivity index (χ0v) is 20.7. The van der Waals surface area contributed by atoms with Gasteiger partial charge in [-0.05, 0) is 41.6 Å². The number of halogens is 2. The van der Waals surface area contributed by atoms with E-state index in [4.69, 9.17) is 27.9 Å². The van der Waals surface area contributed by atoms with Gasteiger partial charge in [0.15, 0.2) is 0 Å². The van der Waals surface area contributed by atoms with Crippen molar-refractivity contribution >= 4 is 50.6 Å². The lowest BCUT2D eigenvalue weighted by Gasteiger charge is -2.10. The summed E-state index contributed by atoms with van der Waals surface area (Å²) >= 11 is 13.6. The van der Waals surface area contributed by atoms with Crippen molar-refractivity contribution in [2.75, 3.05) is 0 Å². The number of ether oxygens (including phenoxy) is 1. The quantitative estimate of drug-likeness (QED) is 0.244. The van der Waals surface area contributed by atoms with Crippen molar-refractivity contribution in [1.29, 1.82) is 0 Å². The van der Waals surface area contributed by atoms with Gasteiger partial charge >= 0.3 is 5.97 Å². The van der Waals surface area contributed by atoms with Gasteiger partial charge in [0.25, 0.3) is 0 Å². The van der Waals surface area contributed by atoms with Crippen LogP contribution in [0.1, 0.15) is 27.0 Å². The fourth-order valence-corrected chi connectivity index (χ4v) is 5.18. The predicted octanol–water partition coefficient (Wildman–Crippen LogP) is 6.50. The Hall–Kier alpha value is -3.46. The fraction of sp³-hybridized carbons (Fsp3) is 0.120. The number of nitrogens with zero attached hydrogens (tertiary/aromatic N) is 4. The van der Waals surface area contributed by atoms with Crippen molar-refractivity contribution in [2.24, 2.45) is 0 Å². The molecule has 10 heteroatoms. The van der Waals surface area contributed by atoms with E-state index in [9.17, 15) is 9.90 Å². The number of pyridine rings is 1. The average molecular weight is 525 g/mol. The molecule has 0 aliphatic heterocycles. The summed E-state index contributed by atoms with van der Waals surface area (Å²) in [5.74, 6) is -0.353. The molecule has 2 aromatic carbocycles. The number of aryl methyl sites for hydroxylation is 1. The van der Waals surface area contributed by atoms with Crippen LogP contribution in [0.5, 0.6) is 5.75 Å². The molecule has 1 N–H and O–H groups in total. The number of hydrogen-bond donors (Lipinski definition) is 1. The number of rotatable bonds is 7. The summed E-state index contributed by atoms with van der Waals surface area (Å²) in [5, 5.41) is 21.4. The molecule has 176 valence electrons. The third-order valence-corrected chi connectivity index (χ3v) is 7.12. The first-order valence-corrected chi connectivity index (χ1v) is 12.2. The lowest BCUT2D eigenvalue weighted by molar-refractivity contribution is 0.0699. The minimum Gasteiger partial charge on any atom is -0.489 e. The molecule has 0 unspecified atom stereocenters. The molecule has 0 saturated heterocycles. The number of hydrogen-bond acceptors (Lipinski definition) is 6. The van der Waals surface area contributed by atoms with Crippen LogP contribution in [0.3, 0.4) is 0 Å². The molecule has 5 aromatic rings. The van der Waals surface area contributed by atoms with Crippen molar-refractivity contribution in [3.8, 4) is 17.0 Å². The van der Waals surface area contributed by atoms with Gasteiger partial charge in [0, 0.05) is 27.7 Å². The lowest BCUT2D eigenvalue weighted by Crippen LogP contribution is -2.00. The van der Waals surface area contributed by atoms with E-state index in [1.54, 1.807) is 4.68 Å². The third kappa shape index (κ3) is 4.86. The highest BCUT2D eigenvalue weighted by atomic mass is 35.5. The van der Waals surface area contributed by atoms with Gasteiger partial charge in [-0.2, -0.15) is 0 Å². The van der Waals surface area contributed by atoms with Gasteiger partial charge in [0.2, 0.25) is 0 Å². The Morgan fingerprint density at radius 2 is 1.97 bits per heavy atom. The normalized spacial score (nSPS) is 11.2. The average Bonchev–Trinajstić information content (AvgIpc) is 3.48. The molecule has 35 heavy (non-hydrogen) atoms. The molecule has 0 saturated carbocycles. The van der Waals surface area contributed by atoms with Gasteiger partial charge in [-0.3, -0.25) is 0 Å². The van der Waals surface area contributed by atoms with Crippen LogP contribution in [0.15, 0.2) is 60.2 Å². The largest absolute Gasteiger partial charge is 0.489 e. The van der Waals surface area contributed by atoms with Crippen molar-refractivity contribution in [1.82, 2.24) is 20.0 Å². The van der Waals surface area contributed by atoms with Crippen LogP contribution in [-0.4, -0.2) is 31.1 Å². The Balaban J connectivity index is 1.36. The highest BCUT2D eigenvalue weighted by Gasteiger charge is 2.18. The number of carboxylic acid groups (broad SMARTS) is 1. The summed E-state index contributed by atoms with van der Waals surface area (Å²) in [4.78, 5) is 15.6. The second kappa shape index (κ2) is 9.65. The SMILES string of the molecule is Cc1ccc(-c2cn(Cc3ccc(Cl)cc3)nn2)cc1OCc1csc2c(C(=O)O)cnc(Cl)c12. The zero-order valence-electron chi connectivity index (χ0n) is 18.4. The molecule has 0 aliphatic rings. The summed E-state index contributed by atoms with van der Waals surface area (Å²) in [6.45, 7) is 2.76. The van der Waals surface area contributed by atoms with Crippen LogP contribution in [0, 0.1) is 6.92 Å². The highest BCUT2D eigenvalue weighted by Crippen LogP contribution is 2.35. The first-order valence-electron chi connectivity index (χ1n) is 10.6. The van der Waals surface area contributed by atoms with E-state index in [1.807, 2.05) is 61.0 Å². The molecular formula is C25H18Cl2N4O3S. The van der Waals surface area contributed by atoms with E-state index < -0.39 is 5.97 Å². The molecule has 3 heterocycles. The molecular weight excluding hydrogens is 507 g/mol. The van der Waals surface area contributed by atoms with Gasteiger partial charge in [-0.15, -0.1) is 16.4 Å². The van der Waals surface area contributed by atoms with E-state index in [-0.39, 0.29) is 17.3 Å². The first kappa shape index (κ1) is 23.3. The lowest BCUT2D eigenvalue weighted by atomic mass is 10.1. The van der Waals surface area contributed by atoms with Crippen molar-refractivity contribution in [2.45, 2.75) is 20.1 Å². The van der Waals surface area contributed by atoms with Crippen LogP contribution < -0.4 is 4.74 Å². The molecule has 7 nitrogen and oxygen atoms in total. The molecule has 0 amide bonds. The second-order valence-electron chi connectivity index (χ2n) is 7.93. The van der Waals surface area contributed by atoms with Gasteiger partial charge in [-0.1, -0.05) is 52.7 Å². The summed E-state index contributed by atoms with van der Waals surface area (Å²) in [6, 6.07) is 13.5. The minimum absolute atomic E-state index is 0.125. The number of aromatic nitrogens is 4. The summed E-state index contributed by atoms with van der Waals surface area (Å²) < 4.78 is 8.48. The van der Waals surface area contributed by atoms with E-state index in [2.05, 4.69) is 15.3 Å². The number of aromatic carboxylic acids is 1. The zero-order chi connectivity index (χ0) is 24.5. The van der Waals surface area contributed by atoms with E-state index in [1.165, 1.54) is 17.5 Å². The Morgan fingerprint density at radius 3 is 2.74 bits per heavy atom. The van der Waals surface area contributed by atoms with E-state index in [0.717, 1.165) is 27.9 Å². The highest BCUT2D eigenvalue weighted by molar-refractivity contribution is 7.17. The van der Waals surface area contributed by atoms with E-state index >= 15 is 0 Å². The van der Waals surface area contributed by atoms with Crippen molar-refractivity contribution in [3.05, 3.63) is 92.7 Å². The van der Waals surface area contributed by atoms with Crippen LogP contribution in [0.25, 0.3) is 21.3 Å². The standard InChI is InChI=1S/C25H18Cl2N4O3S/c1-14-2-5-16(20-11-31(30-29-20)10-15-3-6-18(26)7-4-15)8-21(14)34-12-17-13-35-23-19(25(32)33)9-28-24(27)22(17)23/h2-9,11,13H,10,12H2,1H3,(H,32,33). The topological polar surface area (TPSA) is 90.1 Å². The predicted molar refractivity (Wildman–Crippen MR) is 137 cm³/mol. The van der Waals surface area contributed by atoms with Crippen molar-refractivity contribution in [3.63, 3.8) is 0 Å².